The van der Waals surface area contributed by atoms with Crippen LogP contribution in [0.15, 0.2) is 18.2 Å². The Bertz CT molecular complexity index is 568. The second-order valence-electron chi connectivity index (χ2n) is 5.25. The van der Waals surface area contributed by atoms with E-state index in [1.165, 1.54) is 14.2 Å². The molecule has 23 heavy (non-hydrogen) atoms. The standard InChI is InChI=1S/C16H23N3O4/c1-4-18-7-9-19(10-8-18)16(21)15(20)17-12-5-6-13(22-2)14(11-12)23-3/h5-6,11H,4,7-10H2,1-3H3,(H,17,20). The maximum absolute atomic E-state index is 12.2. The molecule has 0 atom stereocenters. The number of carbonyl (C=O) groups excluding carboxylic acids is 2. The van der Waals surface area contributed by atoms with E-state index in [-0.39, 0.29) is 0 Å². The number of benzene rings is 1. The number of hydrogen-bond acceptors (Lipinski definition) is 5. The third-order valence-corrected chi connectivity index (χ3v) is 3.94. The van der Waals surface area contributed by atoms with Crippen molar-refractivity contribution >= 4 is 17.5 Å². The topological polar surface area (TPSA) is 71.1 Å². The van der Waals surface area contributed by atoms with Gasteiger partial charge in [-0.1, -0.05) is 6.92 Å². The first-order valence-corrected chi connectivity index (χ1v) is 7.63. The van der Waals surface area contributed by atoms with Crippen molar-refractivity contribution in [2.24, 2.45) is 0 Å². The molecule has 0 aliphatic carbocycles. The molecular formula is C16H23N3O4. The number of nitrogens with zero attached hydrogens (tertiary/aromatic N) is 2. The number of amides is 2. The van der Waals surface area contributed by atoms with E-state index in [9.17, 15) is 9.59 Å². The SMILES string of the molecule is CCN1CCN(C(=O)C(=O)Nc2ccc(OC)c(OC)c2)CC1. The van der Waals surface area contributed by atoms with Gasteiger partial charge >= 0.3 is 11.8 Å². The zero-order chi connectivity index (χ0) is 16.8. The number of likely N-dealkylation sites (N-methyl/N-ethyl adjacent to an activating group) is 1. The Morgan fingerprint density at radius 2 is 1.74 bits per heavy atom. The second-order valence-corrected chi connectivity index (χ2v) is 5.25. The van der Waals surface area contributed by atoms with Crippen LogP contribution in [-0.2, 0) is 9.59 Å². The summed E-state index contributed by atoms with van der Waals surface area (Å²) in [6.45, 7) is 5.79. The maximum atomic E-state index is 12.2. The molecule has 1 aliphatic heterocycles. The van der Waals surface area contributed by atoms with E-state index in [2.05, 4.69) is 17.1 Å². The van der Waals surface area contributed by atoms with Crippen molar-refractivity contribution in [2.45, 2.75) is 6.92 Å². The van der Waals surface area contributed by atoms with Crippen LogP contribution in [0, 0.1) is 0 Å². The van der Waals surface area contributed by atoms with Crippen LogP contribution < -0.4 is 14.8 Å². The monoisotopic (exact) mass is 321 g/mol. The molecule has 0 unspecified atom stereocenters. The molecule has 0 aromatic heterocycles. The lowest BCUT2D eigenvalue weighted by Crippen LogP contribution is -2.51. The molecule has 1 aromatic carbocycles. The van der Waals surface area contributed by atoms with Gasteiger partial charge in [-0.25, -0.2) is 0 Å². The van der Waals surface area contributed by atoms with Gasteiger partial charge in [-0.15, -0.1) is 0 Å². The molecule has 2 amide bonds. The molecule has 7 heteroatoms. The quantitative estimate of drug-likeness (QED) is 0.831. The fourth-order valence-electron chi connectivity index (χ4n) is 2.51. The number of anilines is 1. The third-order valence-electron chi connectivity index (χ3n) is 3.94. The van der Waals surface area contributed by atoms with Crippen molar-refractivity contribution in [1.82, 2.24) is 9.80 Å². The van der Waals surface area contributed by atoms with Gasteiger partial charge in [0.1, 0.15) is 0 Å². The lowest BCUT2D eigenvalue weighted by atomic mass is 10.2. The van der Waals surface area contributed by atoms with E-state index in [1.807, 2.05) is 0 Å². The molecule has 126 valence electrons. The zero-order valence-electron chi connectivity index (χ0n) is 13.8. The maximum Gasteiger partial charge on any atom is 0.313 e. The summed E-state index contributed by atoms with van der Waals surface area (Å²) in [7, 11) is 3.05. The molecule has 0 spiro atoms. The van der Waals surface area contributed by atoms with E-state index in [0.29, 0.717) is 30.3 Å². The molecule has 1 aliphatic rings. The molecule has 7 nitrogen and oxygen atoms in total. The van der Waals surface area contributed by atoms with E-state index < -0.39 is 11.8 Å². The van der Waals surface area contributed by atoms with Crippen LogP contribution in [0.2, 0.25) is 0 Å². The molecule has 2 rings (SSSR count). The van der Waals surface area contributed by atoms with Crippen LogP contribution in [0.1, 0.15) is 6.92 Å². The van der Waals surface area contributed by atoms with Gasteiger partial charge in [-0.05, 0) is 18.7 Å². The molecule has 1 aromatic rings. The molecule has 0 radical (unpaired) electrons. The first-order valence-electron chi connectivity index (χ1n) is 7.63. The van der Waals surface area contributed by atoms with Crippen LogP contribution in [0.4, 0.5) is 5.69 Å². The number of nitrogens with one attached hydrogen (secondary N) is 1. The normalized spacial score (nSPS) is 15.2. The zero-order valence-corrected chi connectivity index (χ0v) is 13.8. The molecule has 1 fully saturated rings. The van der Waals surface area contributed by atoms with Crippen molar-refractivity contribution in [1.29, 1.82) is 0 Å². The summed E-state index contributed by atoms with van der Waals surface area (Å²) in [6.07, 6.45) is 0. The number of methoxy groups -OCH3 is 2. The van der Waals surface area contributed by atoms with Crippen molar-refractivity contribution < 1.29 is 19.1 Å². The fourth-order valence-corrected chi connectivity index (χ4v) is 2.51. The Hall–Kier alpha value is -2.28. The van der Waals surface area contributed by atoms with Gasteiger partial charge in [-0.3, -0.25) is 9.59 Å². The minimum atomic E-state index is -0.637. The number of ether oxygens (including phenoxy) is 2. The number of hydrogen-bond donors (Lipinski definition) is 1. The van der Waals surface area contributed by atoms with E-state index in [1.54, 1.807) is 23.1 Å². The highest BCUT2D eigenvalue weighted by molar-refractivity contribution is 6.39. The van der Waals surface area contributed by atoms with Gasteiger partial charge in [0.05, 0.1) is 14.2 Å². The Morgan fingerprint density at radius 1 is 1.09 bits per heavy atom. The van der Waals surface area contributed by atoms with E-state index in [0.717, 1.165) is 19.6 Å². The highest BCUT2D eigenvalue weighted by Crippen LogP contribution is 2.29. The lowest BCUT2D eigenvalue weighted by Gasteiger charge is -2.33. The Labute approximate surface area is 136 Å². The Kier molecular flexibility index (Phi) is 5.81. The lowest BCUT2D eigenvalue weighted by molar-refractivity contribution is -0.144. The van der Waals surface area contributed by atoms with Gasteiger partial charge in [-0.2, -0.15) is 0 Å². The first-order chi connectivity index (χ1) is 11.1. The fraction of sp³-hybridized carbons (Fsp3) is 0.500. The van der Waals surface area contributed by atoms with Crippen molar-refractivity contribution in [3.05, 3.63) is 18.2 Å². The highest BCUT2D eigenvalue weighted by atomic mass is 16.5. The second kappa shape index (κ2) is 7.82. The average Bonchev–Trinajstić information content (AvgIpc) is 2.60. The molecular weight excluding hydrogens is 298 g/mol. The average molecular weight is 321 g/mol. The molecule has 0 bridgehead atoms. The summed E-state index contributed by atoms with van der Waals surface area (Å²) in [5.41, 5.74) is 0.494. The Balaban J connectivity index is 1.97. The molecule has 1 heterocycles. The predicted octanol–water partition coefficient (Wildman–Crippen LogP) is 0.806. The number of carbonyl (C=O) groups is 2. The molecule has 1 saturated heterocycles. The third kappa shape index (κ3) is 4.13. The highest BCUT2D eigenvalue weighted by Gasteiger charge is 2.25. The van der Waals surface area contributed by atoms with Crippen LogP contribution in [0.3, 0.4) is 0 Å². The minimum absolute atomic E-state index is 0.494. The minimum Gasteiger partial charge on any atom is -0.493 e. The summed E-state index contributed by atoms with van der Waals surface area (Å²) >= 11 is 0. The number of piperazine rings is 1. The van der Waals surface area contributed by atoms with Gasteiger partial charge in [0.25, 0.3) is 0 Å². The summed E-state index contributed by atoms with van der Waals surface area (Å²) < 4.78 is 10.3. The molecule has 1 N–H and O–H groups in total. The smallest absolute Gasteiger partial charge is 0.313 e. The summed E-state index contributed by atoms with van der Waals surface area (Å²) in [5.74, 6) is -0.0838. The van der Waals surface area contributed by atoms with Crippen molar-refractivity contribution in [2.75, 3.05) is 52.3 Å². The largest absolute Gasteiger partial charge is 0.493 e. The Morgan fingerprint density at radius 3 is 2.30 bits per heavy atom. The van der Waals surface area contributed by atoms with Gasteiger partial charge in [0.15, 0.2) is 11.5 Å². The molecule has 0 saturated carbocycles. The van der Waals surface area contributed by atoms with E-state index >= 15 is 0 Å². The van der Waals surface area contributed by atoms with Crippen LogP contribution in [-0.4, -0.2) is 68.6 Å². The van der Waals surface area contributed by atoms with Gasteiger partial charge < -0.3 is 24.6 Å². The van der Waals surface area contributed by atoms with Crippen LogP contribution in [0.5, 0.6) is 11.5 Å². The van der Waals surface area contributed by atoms with Crippen LogP contribution in [0.25, 0.3) is 0 Å². The van der Waals surface area contributed by atoms with Gasteiger partial charge in [0.2, 0.25) is 0 Å². The van der Waals surface area contributed by atoms with Crippen LogP contribution >= 0.6 is 0 Å². The van der Waals surface area contributed by atoms with E-state index in [4.69, 9.17) is 9.47 Å². The summed E-state index contributed by atoms with van der Waals surface area (Å²) in [5, 5.41) is 2.61. The summed E-state index contributed by atoms with van der Waals surface area (Å²) in [6, 6.07) is 4.97. The first kappa shape index (κ1) is 17.1. The number of rotatable bonds is 4. The van der Waals surface area contributed by atoms with Gasteiger partial charge in [0, 0.05) is 37.9 Å². The van der Waals surface area contributed by atoms with Crippen molar-refractivity contribution in [3.63, 3.8) is 0 Å². The predicted molar refractivity (Wildman–Crippen MR) is 86.9 cm³/mol. The summed E-state index contributed by atoms with van der Waals surface area (Å²) in [4.78, 5) is 28.2. The van der Waals surface area contributed by atoms with Crippen molar-refractivity contribution in [3.8, 4) is 11.5 Å².